The number of para-hydroxylation sites is 1. The lowest BCUT2D eigenvalue weighted by atomic mass is 10.2. The molecule has 1 aromatic rings. The molecule has 0 saturated carbocycles. The average Bonchev–Trinajstić information content (AvgIpc) is 2.45. The molecule has 1 fully saturated rings. The van der Waals surface area contributed by atoms with Crippen molar-refractivity contribution in [3.8, 4) is 0 Å². The molecule has 1 heterocycles. The number of ether oxygens (including phenoxy) is 1. The molecule has 0 aliphatic carbocycles. The summed E-state index contributed by atoms with van der Waals surface area (Å²) in [4.78, 5) is 12.1. The lowest BCUT2D eigenvalue weighted by Crippen LogP contribution is -2.42. The van der Waals surface area contributed by atoms with E-state index >= 15 is 0 Å². The highest BCUT2D eigenvalue weighted by Gasteiger charge is 2.21. The van der Waals surface area contributed by atoms with Crippen molar-refractivity contribution in [1.82, 2.24) is 4.90 Å². The van der Waals surface area contributed by atoms with Crippen LogP contribution in [-0.4, -0.2) is 60.4 Å². The van der Waals surface area contributed by atoms with E-state index in [0.717, 1.165) is 19.2 Å². The van der Waals surface area contributed by atoms with Crippen LogP contribution < -0.4 is 5.32 Å². The number of nitro groups is 1. The van der Waals surface area contributed by atoms with E-state index in [9.17, 15) is 19.6 Å². The number of anilines is 1. The smallest absolute Gasteiger partial charge is 0.327 e. The maximum Gasteiger partial charge on any atom is 0.327 e. The quantitative estimate of drug-likeness (QED) is 0.598. The number of aliphatic hydroxyl groups excluding tert-OH is 1. The van der Waals surface area contributed by atoms with E-state index < -0.39 is 22.5 Å². The molecule has 7 nitrogen and oxygen atoms in total. The monoisotopic (exact) mass is 299 g/mol. The van der Waals surface area contributed by atoms with Gasteiger partial charge in [0.25, 0.3) is 0 Å². The van der Waals surface area contributed by atoms with E-state index in [1.165, 1.54) is 12.1 Å². The molecular formula is C13H18FN3O4. The first kappa shape index (κ1) is 15.6. The number of nitrogens with zero attached hydrogens (tertiary/aromatic N) is 2. The summed E-state index contributed by atoms with van der Waals surface area (Å²) in [5.74, 6) is -0.896. The Balaban J connectivity index is 1.90. The van der Waals surface area contributed by atoms with Crippen LogP contribution in [0.1, 0.15) is 0 Å². The van der Waals surface area contributed by atoms with Crippen LogP contribution in [0.25, 0.3) is 0 Å². The maximum atomic E-state index is 13.4. The zero-order valence-electron chi connectivity index (χ0n) is 11.5. The third-order valence-corrected chi connectivity index (χ3v) is 3.27. The second-order valence-corrected chi connectivity index (χ2v) is 4.84. The van der Waals surface area contributed by atoms with Gasteiger partial charge in [-0.2, -0.15) is 4.39 Å². The molecule has 1 saturated heterocycles. The minimum atomic E-state index is -0.896. The van der Waals surface area contributed by atoms with Gasteiger partial charge in [0.1, 0.15) is 5.69 Å². The molecule has 116 valence electrons. The van der Waals surface area contributed by atoms with E-state index in [2.05, 4.69) is 10.2 Å². The Kier molecular flexibility index (Phi) is 5.43. The fourth-order valence-corrected chi connectivity index (χ4v) is 2.22. The number of benzene rings is 1. The van der Waals surface area contributed by atoms with Gasteiger partial charge in [-0.1, -0.05) is 6.07 Å². The van der Waals surface area contributed by atoms with Crippen molar-refractivity contribution in [3.63, 3.8) is 0 Å². The van der Waals surface area contributed by atoms with Crippen LogP contribution in [0.2, 0.25) is 0 Å². The largest absolute Gasteiger partial charge is 0.390 e. The molecule has 1 unspecified atom stereocenters. The predicted octanol–water partition coefficient (Wildman–Crippen LogP) is 0.839. The molecular weight excluding hydrogens is 281 g/mol. The van der Waals surface area contributed by atoms with Crippen molar-refractivity contribution in [3.05, 3.63) is 34.1 Å². The Bertz CT molecular complexity index is 494. The Labute approximate surface area is 121 Å². The third kappa shape index (κ3) is 4.35. The number of β-amino-alcohol motifs (C(OH)–C–C–N with tert-alkyl or cyclic N) is 1. The first-order valence-electron chi connectivity index (χ1n) is 6.73. The molecule has 1 aromatic carbocycles. The Morgan fingerprint density at radius 2 is 2.19 bits per heavy atom. The van der Waals surface area contributed by atoms with E-state index in [4.69, 9.17) is 4.74 Å². The highest BCUT2D eigenvalue weighted by Crippen LogP contribution is 2.27. The van der Waals surface area contributed by atoms with Gasteiger partial charge in [-0.3, -0.25) is 15.0 Å². The zero-order chi connectivity index (χ0) is 15.2. The van der Waals surface area contributed by atoms with E-state index in [1.54, 1.807) is 0 Å². The van der Waals surface area contributed by atoms with Crippen molar-refractivity contribution in [2.45, 2.75) is 6.10 Å². The average molecular weight is 299 g/mol. The van der Waals surface area contributed by atoms with Gasteiger partial charge in [0.05, 0.1) is 24.2 Å². The second kappa shape index (κ2) is 7.30. The maximum absolute atomic E-state index is 13.4. The summed E-state index contributed by atoms with van der Waals surface area (Å²) >= 11 is 0. The fourth-order valence-electron chi connectivity index (χ4n) is 2.22. The number of aliphatic hydroxyl groups is 1. The minimum absolute atomic E-state index is 0.0704. The van der Waals surface area contributed by atoms with Gasteiger partial charge < -0.3 is 15.2 Å². The molecule has 21 heavy (non-hydrogen) atoms. The number of hydrogen-bond donors (Lipinski definition) is 2. The number of halogens is 1. The normalized spacial score (nSPS) is 17.4. The highest BCUT2D eigenvalue weighted by molar-refractivity contribution is 5.61. The van der Waals surface area contributed by atoms with Gasteiger partial charge in [-0.25, -0.2) is 0 Å². The minimum Gasteiger partial charge on any atom is -0.390 e. The number of morpholine rings is 1. The van der Waals surface area contributed by atoms with Crippen molar-refractivity contribution < 1.29 is 19.2 Å². The SMILES string of the molecule is O=[N+]([O-])c1c(F)cccc1NCC(O)CN1CCOCC1. The predicted molar refractivity (Wildman–Crippen MR) is 74.8 cm³/mol. The molecule has 2 rings (SSSR count). The molecule has 8 heteroatoms. The van der Waals surface area contributed by atoms with Gasteiger partial charge in [0, 0.05) is 26.2 Å². The molecule has 0 amide bonds. The van der Waals surface area contributed by atoms with E-state index in [0.29, 0.717) is 19.8 Å². The van der Waals surface area contributed by atoms with Crippen LogP contribution in [0.4, 0.5) is 15.8 Å². The first-order valence-corrected chi connectivity index (χ1v) is 6.73. The van der Waals surface area contributed by atoms with Crippen LogP contribution in [0.15, 0.2) is 18.2 Å². The Morgan fingerprint density at radius 3 is 2.86 bits per heavy atom. The summed E-state index contributed by atoms with van der Waals surface area (Å²) < 4.78 is 18.6. The van der Waals surface area contributed by atoms with Crippen molar-refractivity contribution in [2.24, 2.45) is 0 Å². The highest BCUT2D eigenvalue weighted by atomic mass is 19.1. The summed E-state index contributed by atoms with van der Waals surface area (Å²) in [6.07, 6.45) is -0.703. The molecule has 1 aliphatic rings. The van der Waals surface area contributed by atoms with Gasteiger partial charge in [0.2, 0.25) is 5.82 Å². The third-order valence-electron chi connectivity index (χ3n) is 3.27. The molecule has 2 N–H and O–H groups in total. The summed E-state index contributed by atoms with van der Waals surface area (Å²) in [7, 11) is 0. The number of rotatable bonds is 6. The fraction of sp³-hybridized carbons (Fsp3) is 0.538. The molecule has 0 bridgehead atoms. The lowest BCUT2D eigenvalue weighted by Gasteiger charge is -2.28. The molecule has 1 aliphatic heterocycles. The Hall–Kier alpha value is -1.77. The second-order valence-electron chi connectivity index (χ2n) is 4.84. The lowest BCUT2D eigenvalue weighted by molar-refractivity contribution is -0.386. The number of nitro benzene ring substituents is 1. The molecule has 0 radical (unpaired) electrons. The van der Waals surface area contributed by atoms with E-state index in [-0.39, 0.29) is 12.2 Å². The zero-order valence-corrected chi connectivity index (χ0v) is 11.5. The van der Waals surface area contributed by atoms with Crippen LogP contribution in [-0.2, 0) is 4.74 Å². The topological polar surface area (TPSA) is 87.9 Å². The summed E-state index contributed by atoms with van der Waals surface area (Å²) in [5.41, 5.74) is -0.530. The van der Waals surface area contributed by atoms with E-state index in [1.807, 2.05) is 0 Å². The number of hydrogen-bond acceptors (Lipinski definition) is 6. The summed E-state index contributed by atoms with van der Waals surface area (Å²) in [5, 5.41) is 23.5. The molecule has 1 atom stereocenters. The van der Waals surface area contributed by atoms with Gasteiger partial charge in [0.15, 0.2) is 0 Å². The van der Waals surface area contributed by atoms with Gasteiger partial charge in [-0.05, 0) is 12.1 Å². The van der Waals surface area contributed by atoms with Crippen molar-refractivity contribution >= 4 is 11.4 Å². The number of nitrogens with one attached hydrogen (secondary N) is 1. The summed E-state index contributed by atoms with van der Waals surface area (Å²) in [6, 6.07) is 3.84. The molecule has 0 aromatic heterocycles. The summed E-state index contributed by atoms with van der Waals surface area (Å²) in [6.45, 7) is 3.32. The van der Waals surface area contributed by atoms with Crippen LogP contribution >= 0.6 is 0 Å². The van der Waals surface area contributed by atoms with Gasteiger partial charge in [-0.15, -0.1) is 0 Å². The standard InChI is InChI=1S/C13H18FN3O4/c14-11-2-1-3-12(13(11)17(19)20)15-8-10(18)9-16-4-6-21-7-5-16/h1-3,10,15,18H,4-9H2. The first-order chi connectivity index (χ1) is 10.1. The van der Waals surface area contributed by atoms with Gasteiger partial charge >= 0.3 is 5.69 Å². The van der Waals surface area contributed by atoms with Crippen LogP contribution in [0.3, 0.4) is 0 Å². The molecule has 0 spiro atoms. The van der Waals surface area contributed by atoms with Crippen molar-refractivity contribution in [1.29, 1.82) is 0 Å². The van der Waals surface area contributed by atoms with Crippen molar-refractivity contribution in [2.75, 3.05) is 44.7 Å². The van der Waals surface area contributed by atoms with Crippen LogP contribution in [0, 0.1) is 15.9 Å². The Morgan fingerprint density at radius 1 is 1.48 bits per heavy atom. The van der Waals surface area contributed by atoms with Crippen LogP contribution in [0.5, 0.6) is 0 Å².